The van der Waals surface area contributed by atoms with Crippen molar-refractivity contribution in [2.45, 2.75) is 63.8 Å². The fourth-order valence-corrected chi connectivity index (χ4v) is 7.65. The van der Waals surface area contributed by atoms with E-state index in [-0.39, 0.29) is 41.0 Å². The predicted molar refractivity (Wildman–Crippen MR) is 121 cm³/mol. The van der Waals surface area contributed by atoms with E-state index in [1.807, 2.05) is 12.1 Å². The Hall–Kier alpha value is -1.36. The summed E-state index contributed by atoms with van der Waals surface area (Å²) < 4.78 is 12.6. The van der Waals surface area contributed by atoms with Crippen LogP contribution in [0.4, 0.5) is 0 Å². The van der Waals surface area contributed by atoms with Crippen molar-refractivity contribution in [2.24, 2.45) is 23.2 Å². The lowest BCUT2D eigenvalue weighted by Gasteiger charge is -2.49. The van der Waals surface area contributed by atoms with Gasteiger partial charge in [0.15, 0.2) is 0 Å². The van der Waals surface area contributed by atoms with Crippen molar-refractivity contribution < 1.29 is 14.3 Å². The largest absolute Gasteiger partial charge is 0.462 e. The highest BCUT2D eigenvalue weighted by Gasteiger charge is 2.78. The zero-order chi connectivity index (χ0) is 21.4. The number of esters is 1. The van der Waals surface area contributed by atoms with E-state index in [2.05, 4.69) is 37.0 Å². The maximum absolute atomic E-state index is 13.0. The number of epoxide rings is 1. The second-order valence-corrected chi connectivity index (χ2v) is 11.2. The van der Waals surface area contributed by atoms with Gasteiger partial charge in [-0.05, 0) is 54.9 Å². The van der Waals surface area contributed by atoms with Crippen LogP contribution in [0.1, 0.15) is 51.5 Å². The number of carbonyl (C=O) groups is 1. The summed E-state index contributed by atoms with van der Waals surface area (Å²) in [6, 6.07) is 8.09. The molecule has 1 aromatic carbocycles. The van der Waals surface area contributed by atoms with Gasteiger partial charge in [-0.1, -0.05) is 50.1 Å². The van der Waals surface area contributed by atoms with E-state index in [0.29, 0.717) is 5.92 Å². The van der Waals surface area contributed by atoms with Crippen LogP contribution in [0.15, 0.2) is 30.3 Å². The van der Waals surface area contributed by atoms with E-state index in [9.17, 15) is 4.79 Å². The first-order chi connectivity index (χ1) is 14.9. The molecule has 2 saturated heterocycles. The van der Waals surface area contributed by atoms with Crippen LogP contribution in [0.5, 0.6) is 0 Å². The summed E-state index contributed by atoms with van der Waals surface area (Å²) in [6.07, 6.45) is 8.22. The van der Waals surface area contributed by atoms with Gasteiger partial charge < -0.3 is 9.47 Å². The molecule has 7 atom stereocenters. The first kappa shape index (κ1) is 20.3. The Morgan fingerprint density at radius 2 is 2.06 bits per heavy atom. The van der Waals surface area contributed by atoms with Gasteiger partial charge in [0.25, 0.3) is 0 Å². The van der Waals surface area contributed by atoms with Crippen LogP contribution in [0, 0.1) is 23.2 Å². The minimum atomic E-state index is -0.0569. The van der Waals surface area contributed by atoms with E-state index in [0.717, 1.165) is 37.5 Å². The van der Waals surface area contributed by atoms with Gasteiger partial charge in [-0.3, -0.25) is 9.69 Å². The number of rotatable bonds is 3. The standard InChI is InChI=1S/C26H32ClNO3/c1-16-4-3-11-25(2)14-21-22(23-26(16,25)31-23)20(24(29)30-21)15-28-12-9-18(10-13-28)17-5-7-19(27)8-6-17/h5-9,16,20-23H,3-4,10-15H2,1-2H3. The topological polar surface area (TPSA) is 42.1 Å². The molecule has 5 heteroatoms. The lowest BCUT2D eigenvalue weighted by molar-refractivity contribution is -0.146. The van der Waals surface area contributed by atoms with E-state index in [1.165, 1.54) is 30.4 Å². The zero-order valence-corrected chi connectivity index (χ0v) is 19.2. The van der Waals surface area contributed by atoms with Gasteiger partial charge in [0.2, 0.25) is 0 Å². The maximum Gasteiger partial charge on any atom is 0.311 e. The molecule has 2 aliphatic carbocycles. The van der Waals surface area contributed by atoms with Gasteiger partial charge in [0.05, 0.1) is 12.0 Å². The average Bonchev–Trinajstić information content (AvgIpc) is 3.44. The molecule has 7 unspecified atom stereocenters. The number of carbonyl (C=O) groups excluding carboxylic acids is 1. The normalized spacial score (nSPS) is 44.0. The van der Waals surface area contributed by atoms with E-state index in [1.54, 1.807) is 0 Å². The molecule has 0 radical (unpaired) electrons. The van der Waals surface area contributed by atoms with Crippen molar-refractivity contribution in [3.63, 3.8) is 0 Å². The molecule has 2 saturated carbocycles. The Balaban J connectivity index is 1.17. The monoisotopic (exact) mass is 441 g/mol. The van der Waals surface area contributed by atoms with Crippen LogP contribution >= 0.6 is 11.6 Å². The van der Waals surface area contributed by atoms with E-state index < -0.39 is 0 Å². The minimum absolute atomic E-state index is 0.00280. The molecule has 0 N–H and O–H groups in total. The third-order valence-corrected chi connectivity index (χ3v) is 9.41. The Kier molecular flexibility index (Phi) is 4.62. The fraction of sp³-hybridized carbons (Fsp3) is 0.654. The fourth-order valence-electron chi connectivity index (χ4n) is 7.52. The highest BCUT2D eigenvalue weighted by atomic mass is 35.5. The first-order valence-electron chi connectivity index (χ1n) is 12.0. The second-order valence-electron chi connectivity index (χ2n) is 10.8. The molecule has 166 valence electrons. The molecule has 31 heavy (non-hydrogen) atoms. The van der Waals surface area contributed by atoms with Gasteiger partial charge in [-0.25, -0.2) is 0 Å². The summed E-state index contributed by atoms with van der Waals surface area (Å²) in [6.45, 7) is 7.38. The second kappa shape index (κ2) is 7.07. The van der Waals surface area contributed by atoms with Gasteiger partial charge in [0.1, 0.15) is 11.7 Å². The Morgan fingerprint density at radius 1 is 1.26 bits per heavy atom. The van der Waals surface area contributed by atoms with Crippen LogP contribution < -0.4 is 0 Å². The number of nitrogens with zero attached hydrogens (tertiary/aromatic N) is 1. The molecule has 6 rings (SSSR count). The van der Waals surface area contributed by atoms with Crippen LogP contribution in [0.2, 0.25) is 5.02 Å². The van der Waals surface area contributed by atoms with Crippen LogP contribution in [-0.2, 0) is 14.3 Å². The molecule has 4 nitrogen and oxygen atoms in total. The maximum atomic E-state index is 13.0. The number of hydrogen-bond donors (Lipinski definition) is 0. The SMILES string of the molecule is CC1CCCC2(C)CC3OC(=O)C(CN4CC=C(c5ccc(Cl)cc5)CC4)C3C3OC132. The third kappa shape index (κ3) is 2.98. The van der Waals surface area contributed by atoms with E-state index in [4.69, 9.17) is 21.1 Å². The molecule has 0 bridgehead atoms. The van der Waals surface area contributed by atoms with Crippen LogP contribution in [0.3, 0.4) is 0 Å². The molecule has 1 spiro atoms. The number of halogens is 1. The molecule has 1 aromatic rings. The molecule has 0 amide bonds. The van der Waals surface area contributed by atoms with Crippen molar-refractivity contribution >= 4 is 23.1 Å². The van der Waals surface area contributed by atoms with Gasteiger partial charge in [-0.15, -0.1) is 0 Å². The lowest BCUT2D eigenvalue weighted by atomic mass is 9.53. The van der Waals surface area contributed by atoms with Crippen LogP contribution in [0.25, 0.3) is 5.57 Å². The van der Waals surface area contributed by atoms with Crippen molar-refractivity contribution in [1.82, 2.24) is 4.90 Å². The molecular weight excluding hydrogens is 410 g/mol. The Labute approximate surface area is 189 Å². The molecular formula is C26H32ClNO3. The summed E-state index contributed by atoms with van der Waals surface area (Å²) in [4.78, 5) is 15.4. The highest BCUT2D eigenvalue weighted by Crippen LogP contribution is 2.70. The van der Waals surface area contributed by atoms with Crippen molar-refractivity contribution in [2.75, 3.05) is 19.6 Å². The molecule has 5 aliphatic rings. The van der Waals surface area contributed by atoms with Crippen molar-refractivity contribution in [3.05, 3.63) is 40.9 Å². The summed E-state index contributed by atoms with van der Waals surface area (Å²) in [5.74, 6) is 0.748. The number of ether oxygens (including phenoxy) is 2. The highest BCUT2D eigenvalue weighted by molar-refractivity contribution is 6.30. The molecule has 0 aromatic heterocycles. The Bertz CT molecular complexity index is 929. The summed E-state index contributed by atoms with van der Waals surface area (Å²) in [7, 11) is 0. The van der Waals surface area contributed by atoms with Crippen LogP contribution in [-0.4, -0.2) is 48.3 Å². The first-order valence-corrected chi connectivity index (χ1v) is 12.3. The summed E-state index contributed by atoms with van der Waals surface area (Å²) >= 11 is 6.03. The number of hydrogen-bond acceptors (Lipinski definition) is 4. The number of benzene rings is 1. The van der Waals surface area contributed by atoms with Crippen molar-refractivity contribution in [3.8, 4) is 0 Å². The van der Waals surface area contributed by atoms with Gasteiger partial charge in [-0.2, -0.15) is 0 Å². The van der Waals surface area contributed by atoms with Crippen molar-refractivity contribution in [1.29, 1.82) is 0 Å². The van der Waals surface area contributed by atoms with E-state index >= 15 is 0 Å². The lowest BCUT2D eigenvalue weighted by Crippen LogP contribution is -2.54. The quantitative estimate of drug-likeness (QED) is 0.491. The summed E-state index contributed by atoms with van der Waals surface area (Å²) in [5.41, 5.74) is 2.76. The molecule has 3 heterocycles. The predicted octanol–water partition coefficient (Wildman–Crippen LogP) is 4.95. The number of fused-ring (bicyclic) bond motifs is 2. The molecule has 3 aliphatic heterocycles. The smallest absolute Gasteiger partial charge is 0.311 e. The minimum Gasteiger partial charge on any atom is -0.462 e. The van der Waals surface area contributed by atoms with Gasteiger partial charge in [0, 0.05) is 36.0 Å². The van der Waals surface area contributed by atoms with Gasteiger partial charge >= 0.3 is 5.97 Å². The Morgan fingerprint density at radius 3 is 2.81 bits per heavy atom. The zero-order valence-electron chi connectivity index (χ0n) is 18.5. The average molecular weight is 442 g/mol. The summed E-state index contributed by atoms with van der Waals surface area (Å²) in [5, 5.41) is 0.770. The molecule has 4 fully saturated rings. The third-order valence-electron chi connectivity index (χ3n) is 9.16.